The lowest BCUT2D eigenvalue weighted by molar-refractivity contribution is 0.0732. The van der Waals surface area contributed by atoms with Gasteiger partial charge in [-0.1, -0.05) is 30.3 Å². The number of nitrogens with one attached hydrogen (secondary N) is 1. The summed E-state index contributed by atoms with van der Waals surface area (Å²) in [4.78, 5) is 10.9. The summed E-state index contributed by atoms with van der Waals surface area (Å²) in [6, 6.07) is 12.6. The third-order valence-corrected chi connectivity index (χ3v) is 4.64. The number of benzene rings is 1. The molecule has 1 aromatic heterocycles. The summed E-state index contributed by atoms with van der Waals surface area (Å²) < 4.78 is 0. The Labute approximate surface area is 143 Å². The van der Waals surface area contributed by atoms with Gasteiger partial charge in [-0.15, -0.1) is 0 Å². The Balaban J connectivity index is 1.39. The minimum atomic E-state index is -0.153. The van der Waals surface area contributed by atoms with Gasteiger partial charge in [-0.3, -0.25) is 0 Å². The molecule has 0 saturated heterocycles. The van der Waals surface area contributed by atoms with E-state index >= 15 is 0 Å². The predicted octanol–water partition coefficient (Wildman–Crippen LogP) is 2.30. The van der Waals surface area contributed by atoms with E-state index in [1.165, 1.54) is 5.56 Å². The van der Waals surface area contributed by atoms with Crippen molar-refractivity contribution in [2.75, 3.05) is 32.0 Å². The van der Waals surface area contributed by atoms with E-state index in [1.54, 1.807) is 6.33 Å². The van der Waals surface area contributed by atoms with Crippen molar-refractivity contribution in [3.8, 4) is 0 Å². The highest BCUT2D eigenvalue weighted by Crippen LogP contribution is 2.35. The molecule has 2 aromatic rings. The van der Waals surface area contributed by atoms with Crippen LogP contribution in [0.2, 0.25) is 0 Å². The molecule has 5 nitrogen and oxygen atoms in total. The Morgan fingerprint density at radius 3 is 2.71 bits per heavy atom. The average Bonchev–Trinajstić information content (AvgIpc) is 2.58. The number of hydrogen-bond donors (Lipinski definition) is 2. The summed E-state index contributed by atoms with van der Waals surface area (Å²) in [7, 11) is 2.14. The van der Waals surface area contributed by atoms with Crippen molar-refractivity contribution >= 4 is 5.82 Å². The molecule has 24 heavy (non-hydrogen) atoms. The number of aliphatic hydroxyl groups excluding tert-OH is 1. The van der Waals surface area contributed by atoms with Crippen molar-refractivity contribution in [2.24, 2.45) is 0 Å². The standard InChI is InChI=1S/C19H26N4O/c1-23(9-7-15-5-3-2-4-6-15)10-8-20-19-13-18(21-14-22-19)16-11-17(24)12-16/h2-6,13-14,16-17,24H,7-12H2,1H3,(H,20,21,22). The Bertz CT molecular complexity index is 628. The topological polar surface area (TPSA) is 61.3 Å². The van der Waals surface area contributed by atoms with Gasteiger partial charge in [0, 0.05) is 37.3 Å². The summed E-state index contributed by atoms with van der Waals surface area (Å²) in [6.07, 6.45) is 4.16. The number of anilines is 1. The molecule has 0 bridgehead atoms. The number of nitrogens with zero attached hydrogens (tertiary/aromatic N) is 3. The SMILES string of the molecule is CN(CCNc1cc(C2CC(O)C2)ncn1)CCc1ccccc1. The third-order valence-electron chi connectivity index (χ3n) is 4.64. The van der Waals surface area contributed by atoms with Crippen LogP contribution in [0.1, 0.15) is 30.0 Å². The lowest BCUT2D eigenvalue weighted by atomic mass is 9.80. The molecule has 2 N–H and O–H groups in total. The molecule has 3 rings (SSSR count). The first-order chi connectivity index (χ1) is 11.7. The van der Waals surface area contributed by atoms with Gasteiger partial charge in [0.2, 0.25) is 0 Å². The van der Waals surface area contributed by atoms with Crippen molar-refractivity contribution in [1.29, 1.82) is 0 Å². The average molecular weight is 326 g/mol. The minimum absolute atomic E-state index is 0.153. The number of aromatic nitrogens is 2. The largest absolute Gasteiger partial charge is 0.393 e. The Morgan fingerprint density at radius 1 is 1.17 bits per heavy atom. The number of aliphatic hydroxyl groups is 1. The summed E-state index contributed by atoms with van der Waals surface area (Å²) in [5.41, 5.74) is 2.41. The summed E-state index contributed by atoms with van der Waals surface area (Å²) >= 11 is 0. The van der Waals surface area contributed by atoms with Gasteiger partial charge >= 0.3 is 0 Å². The lowest BCUT2D eigenvalue weighted by Gasteiger charge is -2.30. The fourth-order valence-electron chi connectivity index (χ4n) is 2.97. The molecule has 1 fully saturated rings. The van der Waals surface area contributed by atoms with E-state index in [2.05, 4.69) is 57.6 Å². The van der Waals surface area contributed by atoms with Gasteiger partial charge in [-0.05, 0) is 31.9 Å². The first-order valence-electron chi connectivity index (χ1n) is 8.67. The molecule has 5 heteroatoms. The van der Waals surface area contributed by atoms with Crippen molar-refractivity contribution in [3.63, 3.8) is 0 Å². The van der Waals surface area contributed by atoms with Crippen LogP contribution in [0, 0.1) is 0 Å². The van der Waals surface area contributed by atoms with E-state index < -0.39 is 0 Å². The molecular formula is C19H26N4O. The van der Waals surface area contributed by atoms with E-state index in [0.717, 1.165) is 50.4 Å². The van der Waals surface area contributed by atoms with Crippen LogP contribution in [0.5, 0.6) is 0 Å². The van der Waals surface area contributed by atoms with E-state index in [-0.39, 0.29) is 6.10 Å². The maximum Gasteiger partial charge on any atom is 0.129 e. The minimum Gasteiger partial charge on any atom is -0.393 e. The molecule has 0 unspecified atom stereocenters. The predicted molar refractivity (Wildman–Crippen MR) is 96.1 cm³/mol. The molecule has 128 valence electrons. The lowest BCUT2D eigenvalue weighted by Crippen LogP contribution is -2.28. The van der Waals surface area contributed by atoms with Crippen molar-refractivity contribution in [3.05, 3.63) is 54.0 Å². The van der Waals surface area contributed by atoms with E-state index in [1.807, 2.05) is 6.07 Å². The summed E-state index contributed by atoms with van der Waals surface area (Å²) in [5.74, 6) is 1.26. The summed E-state index contributed by atoms with van der Waals surface area (Å²) in [5, 5.41) is 12.8. The quantitative estimate of drug-likeness (QED) is 0.779. The Morgan fingerprint density at radius 2 is 1.96 bits per heavy atom. The van der Waals surface area contributed by atoms with E-state index in [0.29, 0.717) is 5.92 Å². The number of rotatable bonds is 8. The van der Waals surface area contributed by atoms with Crippen molar-refractivity contribution in [1.82, 2.24) is 14.9 Å². The molecule has 1 aromatic carbocycles. The van der Waals surface area contributed by atoms with Gasteiger partial charge in [0.25, 0.3) is 0 Å². The maximum absolute atomic E-state index is 9.42. The fraction of sp³-hybridized carbons (Fsp3) is 0.474. The van der Waals surface area contributed by atoms with Crippen LogP contribution in [0.15, 0.2) is 42.7 Å². The molecule has 1 aliphatic carbocycles. The smallest absolute Gasteiger partial charge is 0.129 e. The van der Waals surface area contributed by atoms with Gasteiger partial charge in [-0.25, -0.2) is 9.97 Å². The van der Waals surface area contributed by atoms with E-state index in [4.69, 9.17) is 0 Å². The highest BCUT2D eigenvalue weighted by atomic mass is 16.3. The van der Waals surface area contributed by atoms with Gasteiger partial charge in [0.1, 0.15) is 12.1 Å². The maximum atomic E-state index is 9.42. The van der Waals surface area contributed by atoms with Crippen LogP contribution in [-0.4, -0.2) is 52.8 Å². The molecule has 0 aliphatic heterocycles. The second-order valence-corrected chi connectivity index (χ2v) is 6.62. The van der Waals surface area contributed by atoms with Gasteiger partial charge in [-0.2, -0.15) is 0 Å². The first kappa shape index (κ1) is 16.9. The zero-order chi connectivity index (χ0) is 16.8. The number of hydrogen-bond acceptors (Lipinski definition) is 5. The van der Waals surface area contributed by atoms with Gasteiger partial charge < -0.3 is 15.3 Å². The zero-order valence-electron chi connectivity index (χ0n) is 14.2. The second kappa shape index (κ2) is 8.22. The van der Waals surface area contributed by atoms with Gasteiger partial charge in [0.05, 0.1) is 6.10 Å². The van der Waals surface area contributed by atoms with Crippen molar-refractivity contribution < 1.29 is 5.11 Å². The van der Waals surface area contributed by atoms with Crippen LogP contribution < -0.4 is 5.32 Å². The third kappa shape index (κ3) is 4.76. The molecule has 1 aliphatic rings. The molecule has 0 atom stereocenters. The van der Waals surface area contributed by atoms with E-state index in [9.17, 15) is 5.11 Å². The van der Waals surface area contributed by atoms with Crippen LogP contribution in [0.4, 0.5) is 5.82 Å². The highest BCUT2D eigenvalue weighted by molar-refractivity contribution is 5.36. The normalized spacial score (nSPS) is 20.0. The zero-order valence-corrected chi connectivity index (χ0v) is 14.2. The van der Waals surface area contributed by atoms with Crippen LogP contribution in [0.25, 0.3) is 0 Å². The first-order valence-corrected chi connectivity index (χ1v) is 8.67. The van der Waals surface area contributed by atoms with Crippen LogP contribution in [0.3, 0.4) is 0 Å². The monoisotopic (exact) mass is 326 g/mol. The van der Waals surface area contributed by atoms with Crippen LogP contribution in [-0.2, 0) is 6.42 Å². The molecule has 1 heterocycles. The van der Waals surface area contributed by atoms with Gasteiger partial charge in [0.15, 0.2) is 0 Å². The molecule has 0 amide bonds. The Kier molecular flexibility index (Phi) is 5.77. The Hall–Kier alpha value is -1.98. The summed E-state index contributed by atoms with van der Waals surface area (Å²) in [6.45, 7) is 2.87. The molecule has 1 saturated carbocycles. The molecule has 0 spiro atoms. The van der Waals surface area contributed by atoms with Crippen LogP contribution >= 0.6 is 0 Å². The second-order valence-electron chi connectivity index (χ2n) is 6.62. The number of likely N-dealkylation sites (N-methyl/N-ethyl adjacent to an activating group) is 1. The highest BCUT2D eigenvalue weighted by Gasteiger charge is 2.29. The fourth-order valence-corrected chi connectivity index (χ4v) is 2.97. The molecule has 0 radical (unpaired) electrons. The molecular weight excluding hydrogens is 300 g/mol. The van der Waals surface area contributed by atoms with Crippen molar-refractivity contribution in [2.45, 2.75) is 31.3 Å².